The van der Waals surface area contributed by atoms with E-state index >= 15 is 0 Å². The van der Waals surface area contributed by atoms with Crippen LogP contribution in [0.3, 0.4) is 0 Å². The van der Waals surface area contributed by atoms with Crippen molar-refractivity contribution >= 4 is 5.91 Å². The molecule has 0 spiro atoms. The Labute approximate surface area is 140 Å². The Hall–Kier alpha value is -2.41. The average molecular weight is 327 g/mol. The number of carbonyl (C=O) groups excluding carboxylic acids is 1. The summed E-state index contributed by atoms with van der Waals surface area (Å²) >= 11 is 0. The van der Waals surface area contributed by atoms with Crippen LogP contribution >= 0.6 is 0 Å². The van der Waals surface area contributed by atoms with Crippen LogP contribution in [-0.2, 0) is 13.1 Å². The maximum atomic E-state index is 11.8. The van der Waals surface area contributed by atoms with E-state index in [-0.39, 0.29) is 5.91 Å². The van der Waals surface area contributed by atoms with Gasteiger partial charge >= 0.3 is 0 Å². The van der Waals surface area contributed by atoms with Gasteiger partial charge in [0, 0.05) is 25.6 Å². The van der Waals surface area contributed by atoms with Crippen LogP contribution in [0.15, 0.2) is 24.3 Å². The Morgan fingerprint density at radius 2 is 2.25 bits per heavy atom. The second-order valence-corrected chi connectivity index (χ2v) is 6.42. The summed E-state index contributed by atoms with van der Waals surface area (Å²) in [7, 11) is 2.09. The molecule has 4 rings (SSSR count). The number of carbonyl (C=O) groups is 1. The zero-order valence-corrected chi connectivity index (χ0v) is 13.7. The number of hydrogen-bond acceptors (Lipinski definition) is 5. The van der Waals surface area contributed by atoms with Crippen molar-refractivity contribution in [3.63, 3.8) is 0 Å². The normalized spacial score (nSPS) is 19.4. The van der Waals surface area contributed by atoms with Crippen LogP contribution in [0.2, 0.25) is 0 Å². The van der Waals surface area contributed by atoms with Crippen molar-refractivity contribution in [1.82, 2.24) is 25.0 Å². The molecular formula is C17H21N5O2. The number of nitrogens with zero attached hydrogens (tertiary/aromatic N) is 4. The minimum atomic E-state index is -0.138. The number of amides is 1. The van der Waals surface area contributed by atoms with Gasteiger partial charge in [-0.1, -0.05) is 18.2 Å². The number of nitrogens with one attached hydrogen (secondary N) is 1. The predicted octanol–water partition coefficient (Wildman–Crippen LogP) is 1.02. The first-order valence-corrected chi connectivity index (χ1v) is 8.33. The zero-order chi connectivity index (χ0) is 16.5. The monoisotopic (exact) mass is 327 g/mol. The van der Waals surface area contributed by atoms with Crippen LogP contribution in [0.5, 0.6) is 5.75 Å². The van der Waals surface area contributed by atoms with E-state index in [2.05, 4.69) is 39.6 Å². The summed E-state index contributed by atoms with van der Waals surface area (Å²) in [6.07, 6.45) is 1.02. The predicted molar refractivity (Wildman–Crippen MR) is 88.0 cm³/mol. The number of rotatable bonds is 4. The van der Waals surface area contributed by atoms with Crippen molar-refractivity contribution < 1.29 is 9.53 Å². The molecule has 126 valence electrons. The molecule has 0 saturated heterocycles. The van der Waals surface area contributed by atoms with Crippen LogP contribution in [0, 0.1) is 0 Å². The summed E-state index contributed by atoms with van der Waals surface area (Å²) in [5, 5.41) is 11.0. The number of likely N-dealkylation sites (N-methyl/N-ethyl adjacent to an activating group) is 1. The summed E-state index contributed by atoms with van der Waals surface area (Å²) < 4.78 is 7.66. The standard InChI is InChI=1S/C17H21N5O2/c1-21(10-12-6-9-24-14-5-3-2-4-13(12)14)11-15-19-20-16-17(23)18-7-8-22(15)16/h2-5,12H,6-11H2,1H3,(H,18,23). The molecular weight excluding hydrogens is 306 g/mol. The molecule has 2 aromatic rings. The van der Waals surface area contributed by atoms with E-state index in [1.165, 1.54) is 5.56 Å². The van der Waals surface area contributed by atoms with Gasteiger partial charge in [-0.05, 0) is 25.1 Å². The van der Waals surface area contributed by atoms with E-state index in [0.29, 0.717) is 24.8 Å². The zero-order valence-electron chi connectivity index (χ0n) is 13.7. The molecule has 7 nitrogen and oxygen atoms in total. The topological polar surface area (TPSA) is 72.3 Å². The first-order valence-electron chi connectivity index (χ1n) is 8.33. The molecule has 0 fully saturated rings. The van der Waals surface area contributed by atoms with Crippen molar-refractivity contribution in [1.29, 1.82) is 0 Å². The molecule has 7 heteroatoms. The Morgan fingerprint density at radius 1 is 1.38 bits per heavy atom. The van der Waals surface area contributed by atoms with Gasteiger partial charge < -0.3 is 14.6 Å². The number of ether oxygens (including phenoxy) is 1. The lowest BCUT2D eigenvalue weighted by Crippen LogP contribution is -2.37. The highest BCUT2D eigenvalue weighted by atomic mass is 16.5. The van der Waals surface area contributed by atoms with E-state index in [0.717, 1.165) is 37.7 Å². The SMILES string of the molecule is CN(Cc1nnc2n1CCNC2=O)CC1CCOc2ccccc21. The lowest BCUT2D eigenvalue weighted by atomic mass is 9.93. The molecule has 24 heavy (non-hydrogen) atoms. The lowest BCUT2D eigenvalue weighted by molar-refractivity contribution is 0.0920. The van der Waals surface area contributed by atoms with Gasteiger partial charge in [0.05, 0.1) is 13.2 Å². The van der Waals surface area contributed by atoms with Gasteiger partial charge in [0.1, 0.15) is 11.6 Å². The average Bonchev–Trinajstić information content (AvgIpc) is 2.99. The Kier molecular flexibility index (Phi) is 3.93. The van der Waals surface area contributed by atoms with Crippen molar-refractivity contribution in [3.8, 4) is 5.75 Å². The summed E-state index contributed by atoms with van der Waals surface area (Å²) in [6.45, 7) is 3.73. The number of aromatic nitrogens is 3. The quantitative estimate of drug-likeness (QED) is 0.908. The molecule has 0 bridgehead atoms. The third-order valence-corrected chi connectivity index (χ3v) is 4.68. The van der Waals surface area contributed by atoms with E-state index in [4.69, 9.17) is 4.74 Å². The third-order valence-electron chi connectivity index (χ3n) is 4.68. The molecule has 0 aliphatic carbocycles. The van der Waals surface area contributed by atoms with E-state index < -0.39 is 0 Å². The molecule has 1 unspecified atom stereocenters. The van der Waals surface area contributed by atoms with Crippen molar-refractivity contribution in [3.05, 3.63) is 41.5 Å². The first kappa shape index (κ1) is 15.1. The van der Waals surface area contributed by atoms with Gasteiger partial charge in [0.2, 0.25) is 5.82 Å². The minimum Gasteiger partial charge on any atom is -0.493 e. The molecule has 0 radical (unpaired) electrons. The largest absolute Gasteiger partial charge is 0.493 e. The number of hydrogen-bond donors (Lipinski definition) is 1. The van der Waals surface area contributed by atoms with Gasteiger partial charge in [0.25, 0.3) is 5.91 Å². The maximum absolute atomic E-state index is 11.8. The fourth-order valence-electron chi connectivity index (χ4n) is 3.50. The molecule has 2 aliphatic rings. The fourth-order valence-corrected chi connectivity index (χ4v) is 3.50. The van der Waals surface area contributed by atoms with Crippen LogP contribution in [0.1, 0.15) is 34.3 Å². The van der Waals surface area contributed by atoms with Gasteiger partial charge in [0.15, 0.2) is 0 Å². The summed E-state index contributed by atoms with van der Waals surface area (Å²) in [5.41, 5.74) is 1.28. The van der Waals surface area contributed by atoms with Gasteiger partial charge in [-0.15, -0.1) is 10.2 Å². The molecule has 1 N–H and O–H groups in total. The second kappa shape index (κ2) is 6.24. The van der Waals surface area contributed by atoms with E-state index in [1.54, 1.807) is 0 Å². The maximum Gasteiger partial charge on any atom is 0.289 e. The number of benzene rings is 1. The molecule has 3 heterocycles. The first-order chi connectivity index (χ1) is 11.7. The summed E-state index contributed by atoms with van der Waals surface area (Å²) in [4.78, 5) is 14.0. The van der Waals surface area contributed by atoms with Crippen molar-refractivity contribution in [2.45, 2.75) is 25.4 Å². The van der Waals surface area contributed by atoms with Crippen LogP contribution in [0.4, 0.5) is 0 Å². The second-order valence-electron chi connectivity index (χ2n) is 6.42. The fraction of sp³-hybridized carbons (Fsp3) is 0.471. The highest BCUT2D eigenvalue weighted by Gasteiger charge is 2.25. The molecule has 2 aliphatic heterocycles. The Bertz CT molecular complexity index is 757. The Balaban J connectivity index is 1.47. The highest BCUT2D eigenvalue weighted by Crippen LogP contribution is 2.33. The van der Waals surface area contributed by atoms with Crippen molar-refractivity contribution in [2.75, 3.05) is 26.7 Å². The summed E-state index contributed by atoms with van der Waals surface area (Å²) in [6, 6.07) is 8.26. The van der Waals surface area contributed by atoms with Crippen molar-refractivity contribution in [2.24, 2.45) is 0 Å². The van der Waals surface area contributed by atoms with Crippen LogP contribution in [0.25, 0.3) is 0 Å². The highest BCUT2D eigenvalue weighted by molar-refractivity contribution is 5.91. The lowest BCUT2D eigenvalue weighted by Gasteiger charge is -2.29. The summed E-state index contributed by atoms with van der Waals surface area (Å²) in [5.74, 6) is 2.58. The smallest absolute Gasteiger partial charge is 0.289 e. The minimum absolute atomic E-state index is 0.138. The van der Waals surface area contributed by atoms with Gasteiger partial charge in [-0.2, -0.15) is 0 Å². The molecule has 1 aromatic carbocycles. The molecule has 1 aromatic heterocycles. The van der Waals surface area contributed by atoms with Crippen LogP contribution < -0.4 is 10.1 Å². The number of para-hydroxylation sites is 1. The number of fused-ring (bicyclic) bond motifs is 2. The van der Waals surface area contributed by atoms with E-state index in [9.17, 15) is 4.79 Å². The molecule has 1 atom stereocenters. The van der Waals surface area contributed by atoms with Crippen LogP contribution in [-0.4, -0.2) is 52.3 Å². The molecule has 0 saturated carbocycles. The Morgan fingerprint density at radius 3 is 3.17 bits per heavy atom. The van der Waals surface area contributed by atoms with Gasteiger partial charge in [-0.3, -0.25) is 9.69 Å². The van der Waals surface area contributed by atoms with E-state index in [1.807, 2.05) is 16.7 Å². The third kappa shape index (κ3) is 2.75. The molecule has 1 amide bonds. The van der Waals surface area contributed by atoms with Gasteiger partial charge in [-0.25, -0.2) is 0 Å².